The summed E-state index contributed by atoms with van der Waals surface area (Å²) in [4.78, 5) is 16.8. The number of hydrogen-bond donors (Lipinski definition) is 1. The summed E-state index contributed by atoms with van der Waals surface area (Å²) in [5.74, 6) is 1.07. The van der Waals surface area contributed by atoms with E-state index in [-0.39, 0.29) is 18.2 Å². The molecule has 166 valence electrons. The number of hydrogen-bond acceptors (Lipinski definition) is 6. The average molecular weight is 501 g/mol. The molecule has 2 aromatic carbocycles. The number of nitrogens with zero attached hydrogens (tertiary/aromatic N) is 3. The molecule has 0 radical (unpaired) electrons. The van der Waals surface area contributed by atoms with Crippen molar-refractivity contribution in [2.45, 2.75) is 33.4 Å². The molecule has 1 aliphatic heterocycles. The smallest absolute Gasteiger partial charge is 0.226 e. The number of carbonyl (C=O) groups is 1. The van der Waals surface area contributed by atoms with Crippen molar-refractivity contribution in [1.82, 2.24) is 14.8 Å². The number of aromatic nitrogens is 3. The molecule has 1 N–H and O–H groups in total. The van der Waals surface area contributed by atoms with Gasteiger partial charge in [0.15, 0.2) is 17.3 Å². The van der Waals surface area contributed by atoms with Crippen LogP contribution < -0.4 is 14.8 Å². The molecule has 0 saturated heterocycles. The quantitative estimate of drug-likeness (QED) is 0.489. The SMILES string of the molecule is CCOc1cc(C2C(C(C)=O)=C(C)Nc3ncnn32)cc(Br)c1OCc1ccccc1F. The van der Waals surface area contributed by atoms with Crippen molar-refractivity contribution in [1.29, 1.82) is 0 Å². The maximum absolute atomic E-state index is 14.0. The molecule has 1 aliphatic rings. The predicted molar refractivity (Wildman–Crippen MR) is 121 cm³/mol. The van der Waals surface area contributed by atoms with Crippen LogP contribution in [0.1, 0.15) is 37.9 Å². The topological polar surface area (TPSA) is 78.3 Å². The Labute approximate surface area is 193 Å². The van der Waals surface area contributed by atoms with E-state index in [9.17, 15) is 9.18 Å². The van der Waals surface area contributed by atoms with Crippen LogP contribution in [-0.2, 0) is 11.4 Å². The maximum atomic E-state index is 14.0. The third-order valence-corrected chi connectivity index (χ3v) is 5.74. The van der Waals surface area contributed by atoms with Gasteiger partial charge in [0, 0.05) is 16.8 Å². The first kappa shape index (κ1) is 22.0. The fourth-order valence-corrected chi connectivity index (χ4v) is 4.34. The Bertz CT molecular complexity index is 1210. The zero-order valence-corrected chi connectivity index (χ0v) is 19.4. The first-order valence-corrected chi connectivity index (χ1v) is 10.9. The highest BCUT2D eigenvalue weighted by molar-refractivity contribution is 9.10. The highest BCUT2D eigenvalue weighted by Gasteiger charge is 2.32. The lowest BCUT2D eigenvalue weighted by Gasteiger charge is -2.29. The number of ketones is 1. The Morgan fingerprint density at radius 2 is 2.06 bits per heavy atom. The van der Waals surface area contributed by atoms with E-state index >= 15 is 0 Å². The fraction of sp³-hybridized carbons (Fsp3) is 0.261. The summed E-state index contributed by atoms with van der Waals surface area (Å²) >= 11 is 3.57. The standard InChI is InChI=1S/C23H22BrFN4O3/c1-4-31-19-10-16(9-17(24)22(19)32-11-15-7-5-6-8-18(15)25)21-20(14(3)30)13(2)28-23-26-12-27-29(21)23/h5-10,12,21H,4,11H2,1-3H3,(H,26,27,28). The van der Waals surface area contributed by atoms with Gasteiger partial charge >= 0.3 is 0 Å². The molecule has 1 atom stereocenters. The number of carbonyl (C=O) groups excluding carboxylic acids is 1. The molecule has 1 unspecified atom stereocenters. The lowest BCUT2D eigenvalue weighted by molar-refractivity contribution is -0.114. The third-order valence-electron chi connectivity index (χ3n) is 5.15. The van der Waals surface area contributed by atoms with Crippen LogP contribution in [0.4, 0.5) is 10.3 Å². The van der Waals surface area contributed by atoms with Gasteiger partial charge in [-0.25, -0.2) is 9.07 Å². The normalized spacial score (nSPS) is 15.2. The Kier molecular flexibility index (Phi) is 6.27. The number of allylic oxidation sites excluding steroid dienone is 2. The molecular weight excluding hydrogens is 479 g/mol. The van der Waals surface area contributed by atoms with E-state index in [1.165, 1.54) is 19.3 Å². The minimum absolute atomic E-state index is 0.0446. The second kappa shape index (κ2) is 9.12. The van der Waals surface area contributed by atoms with Gasteiger partial charge in [0.25, 0.3) is 0 Å². The molecule has 9 heteroatoms. The lowest BCUT2D eigenvalue weighted by Crippen LogP contribution is -2.27. The molecule has 2 heterocycles. The minimum Gasteiger partial charge on any atom is -0.490 e. The molecule has 0 amide bonds. The van der Waals surface area contributed by atoms with Crippen LogP contribution in [-0.4, -0.2) is 27.2 Å². The van der Waals surface area contributed by atoms with Crippen LogP contribution in [0.3, 0.4) is 0 Å². The summed E-state index contributed by atoms with van der Waals surface area (Å²) in [6.45, 7) is 5.68. The van der Waals surface area contributed by atoms with Crippen molar-refractivity contribution >= 4 is 27.7 Å². The second-order valence-corrected chi connectivity index (χ2v) is 8.15. The molecule has 0 bridgehead atoms. The van der Waals surface area contributed by atoms with Crippen molar-refractivity contribution in [3.63, 3.8) is 0 Å². The zero-order chi connectivity index (χ0) is 22.8. The fourth-order valence-electron chi connectivity index (χ4n) is 3.77. The Balaban J connectivity index is 1.76. The minimum atomic E-state index is -0.484. The van der Waals surface area contributed by atoms with Gasteiger partial charge in [0.1, 0.15) is 24.8 Å². The number of fused-ring (bicyclic) bond motifs is 1. The van der Waals surface area contributed by atoms with Crippen LogP contribution in [0.25, 0.3) is 0 Å². The summed E-state index contributed by atoms with van der Waals surface area (Å²) < 4.78 is 28.1. The number of anilines is 1. The monoisotopic (exact) mass is 500 g/mol. The highest BCUT2D eigenvalue weighted by Crippen LogP contribution is 2.43. The van der Waals surface area contributed by atoms with Crippen LogP contribution >= 0.6 is 15.9 Å². The summed E-state index contributed by atoms with van der Waals surface area (Å²) in [6.07, 6.45) is 1.44. The molecule has 1 aromatic heterocycles. The third kappa shape index (κ3) is 4.12. The largest absolute Gasteiger partial charge is 0.490 e. The van der Waals surface area contributed by atoms with Crippen molar-refractivity contribution in [3.8, 4) is 11.5 Å². The summed E-state index contributed by atoms with van der Waals surface area (Å²) in [5, 5.41) is 7.45. The molecule has 7 nitrogen and oxygen atoms in total. The van der Waals surface area contributed by atoms with E-state index in [1.54, 1.807) is 22.9 Å². The van der Waals surface area contributed by atoms with Gasteiger partial charge in [0.05, 0.1) is 11.1 Å². The van der Waals surface area contributed by atoms with Crippen molar-refractivity contribution < 1.29 is 18.7 Å². The van der Waals surface area contributed by atoms with Gasteiger partial charge in [-0.15, -0.1) is 0 Å². The van der Waals surface area contributed by atoms with Crippen molar-refractivity contribution in [3.05, 3.63) is 75.4 Å². The van der Waals surface area contributed by atoms with Gasteiger partial charge in [-0.3, -0.25) is 4.79 Å². The highest BCUT2D eigenvalue weighted by atomic mass is 79.9. The molecule has 32 heavy (non-hydrogen) atoms. The molecule has 3 aromatic rings. The Hall–Kier alpha value is -3.20. The Morgan fingerprint density at radius 1 is 1.28 bits per heavy atom. The molecule has 0 spiro atoms. The van der Waals surface area contributed by atoms with Crippen molar-refractivity contribution in [2.75, 3.05) is 11.9 Å². The lowest BCUT2D eigenvalue weighted by atomic mass is 9.93. The van der Waals surface area contributed by atoms with Crippen LogP contribution in [0.5, 0.6) is 11.5 Å². The summed E-state index contributed by atoms with van der Waals surface area (Å²) in [6, 6.07) is 9.65. The van der Waals surface area contributed by atoms with Crippen LogP contribution in [0.2, 0.25) is 0 Å². The number of ether oxygens (including phenoxy) is 2. The van der Waals surface area contributed by atoms with E-state index < -0.39 is 6.04 Å². The van der Waals surface area contributed by atoms with E-state index in [0.717, 1.165) is 11.3 Å². The predicted octanol–water partition coefficient (Wildman–Crippen LogP) is 5.04. The second-order valence-electron chi connectivity index (χ2n) is 7.29. The number of rotatable bonds is 7. The van der Waals surface area contributed by atoms with E-state index in [2.05, 4.69) is 31.3 Å². The van der Waals surface area contributed by atoms with Gasteiger partial charge < -0.3 is 14.8 Å². The molecular formula is C23H22BrFN4O3. The van der Waals surface area contributed by atoms with Gasteiger partial charge in [0.2, 0.25) is 5.95 Å². The van der Waals surface area contributed by atoms with Gasteiger partial charge in [-0.1, -0.05) is 18.2 Å². The van der Waals surface area contributed by atoms with Gasteiger partial charge in [-0.2, -0.15) is 10.1 Å². The maximum Gasteiger partial charge on any atom is 0.226 e. The van der Waals surface area contributed by atoms with Crippen LogP contribution in [0.15, 0.2) is 58.5 Å². The molecule has 0 fully saturated rings. The average Bonchev–Trinajstić information content (AvgIpc) is 3.21. The summed E-state index contributed by atoms with van der Waals surface area (Å²) in [7, 11) is 0. The van der Waals surface area contributed by atoms with Crippen LogP contribution in [0, 0.1) is 5.82 Å². The number of nitrogens with one attached hydrogen (secondary N) is 1. The Morgan fingerprint density at radius 3 is 2.78 bits per heavy atom. The number of halogens is 2. The zero-order valence-electron chi connectivity index (χ0n) is 17.9. The first-order chi connectivity index (χ1) is 15.4. The molecule has 4 rings (SSSR count). The van der Waals surface area contributed by atoms with E-state index in [0.29, 0.717) is 39.7 Å². The number of benzene rings is 2. The summed E-state index contributed by atoms with van der Waals surface area (Å²) in [5.41, 5.74) is 2.51. The number of Topliss-reactive ketones (excluding diaryl/α,β-unsaturated/α-hetero) is 1. The molecule has 0 saturated carbocycles. The van der Waals surface area contributed by atoms with E-state index in [4.69, 9.17) is 9.47 Å². The van der Waals surface area contributed by atoms with E-state index in [1.807, 2.05) is 26.0 Å². The first-order valence-electron chi connectivity index (χ1n) is 10.1. The van der Waals surface area contributed by atoms with Crippen molar-refractivity contribution in [2.24, 2.45) is 0 Å². The molecule has 0 aliphatic carbocycles. The van der Waals surface area contributed by atoms with Gasteiger partial charge in [-0.05, 0) is 60.5 Å².